The van der Waals surface area contributed by atoms with E-state index in [9.17, 15) is 13.2 Å². The van der Waals surface area contributed by atoms with E-state index in [1.54, 1.807) is 23.1 Å². The van der Waals surface area contributed by atoms with E-state index in [4.69, 9.17) is 16.3 Å². The van der Waals surface area contributed by atoms with Crippen LogP contribution in [0.25, 0.3) is 0 Å². The molecule has 0 radical (unpaired) electrons. The molecule has 1 fully saturated rings. The fourth-order valence-corrected chi connectivity index (χ4v) is 4.70. The van der Waals surface area contributed by atoms with Gasteiger partial charge in [0, 0.05) is 31.2 Å². The number of methoxy groups -OCH3 is 1. The fourth-order valence-electron chi connectivity index (χ4n) is 2.85. The van der Waals surface area contributed by atoms with Crippen molar-refractivity contribution < 1.29 is 17.9 Å². The third-order valence-electron chi connectivity index (χ3n) is 4.28. The molecule has 1 amide bonds. The molecule has 0 saturated carbocycles. The maximum absolute atomic E-state index is 12.8. The monoisotopic (exact) mass is 388 g/mol. The van der Waals surface area contributed by atoms with Crippen molar-refractivity contribution in [3.8, 4) is 5.75 Å². The van der Waals surface area contributed by atoms with Crippen molar-refractivity contribution >= 4 is 27.5 Å². The van der Waals surface area contributed by atoms with Crippen LogP contribution < -0.4 is 4.74 Å². The van der Waals surface area contributed by atoms with Crippen LogP contribution in [0.1, 0.15) is 36.5 Å². The molecule has 0 unspecified atom stereocenters. The molecular weight excluding hydrogens is 364 g/mol. The molecular formula is C17H25ClN2O4S. The first-order chi connectivity index (χ1) is 11.9. The van der Waals surface area contributed by atoms with Crippen molar-refractivity contribution in [3.63, 3.8) is 0 Å². The predicted molar refractivity (Wildman–Crippen MR) is 98.8 cm³/mol. The Labute approximate surface area is 154 Å². The van der Waals surface area contributed by atoms with E-state index < -0.39 is 10.0 Å². The van der Waals surface area contributed by atoms with E-state index >= 15 is 0 Å². The average molecular weight is 389 g/mol. The zero-order valence-electron chi connectivity index (χ0n) is 14.7. The summed E-state index contributed by atoms with van der Waals surface area (Å²) in [6, 6.07) is 4.92. The van der Waals surface area contributed by atoms with Crippen LogP contribution in [0, 0.1) is 0 Å². The highest BCUT2D eigenvalue weighted by Gasteiger charge is 2.27. The van der Waals surface area contributed by atoms with Crippen LogP contribution in [0.3, 0.4) is 0 Å². The van der Waals surface area contributed by atoms with E-state index in [0.717, 1.165) is 6.42 Å². The number of hydrogen-bond acceptors (Lipinski definition) is 4. The second kappa shape index (κ2) is 8.87. The lowest BCUT2D eigenvalue weighted by atomic mass is 10.1. The summed E-state index contributed by atoms with van der Waals surface area (Å²) in [5.41, 5.74) is 0.400. The molecule has 0 spiro atoms. The molecule has 2 rings (SSSR count). The van der Waals surface area contributed by atoms with Crippen molar-refractivity contribution in [2.45, 2.75) is 26.2 Å². The quantitative estimate of drug-likeness (QED) is 0.751. The highest BCUT2D eigenvalue weighted by Crippen LogP contribution is 2.24. The first-order valence-electron chi connectivity index (χ1n) is 8.49. The number of unbranched alkanes of at least 4 members (excludes halogenated alkanes) is 1. The van der Waals surface area contributed by atoms with Crippen molar-refractivity contribution in [1.29, 1.82) is 0 Å². The number of ether oxygens (including phenoxy) is 1. The fraction of sp³-hybridized carbons (Fsp3) is 0.588. The molecule has 1 saturated heterocycles. The van der Waals surface area contributed by atoms with Gasteiger partial charge in [0.05, 0.1) is 18.4 Å². The van der Waals surface area contributed by atoms with Gasteiger partial charge >= 0.3 is 0 Å². The third-order valence-corrected chi connectivity index (χ3v) is 6.47. The summed E-state index contributed by atoms with van der Waals surface area (Å²) in [7, 11) is -1.75. The van der Waals surface area contributed by atoms with Gasteiger partial charge in [-0.1, -0.05) is 24.9 Å². The standard InChI is InChI=1S/C17H25ClN2O4S/c1-3-4-12-25(22,23)20-9-5-8-19(10-11-20)17(21)15-13-14(18)6-7-16(15)24-2/h6-7,13H,3-5,8-12H2,1-2H3. The Morgan fingerprint density at radius 2 is 2.00 bits per heavy atom. The summed E-state index contributed by atoms with van der Waals surface area (Å²) in [6.45, 7) is 3.61. The van der Waals surface area contributed by atoms with Gasteiger partial charge in [-0.3, -0.25) is 4.79 Å². The van der Waals surface area contributed by atoms with Gasteiger partial charge in [-0.2, -0.15) is 0 Å². The molecule has 0 bridgehead atoms. The number of carbonyl (C=O) groups is 1. The van der Waals surface area contributed by atoms with Crippen molar-refractivity contribution in [2.75, 3.05) is 39.0 Å². The molecule has 0 aliphatic carbocycles. The van der Waals surface area contributed by atoms with Gasteiger partial charge in [0.1, 0.15) is 5.75 Å². The molecule has 25 heavy (non-hydrogen) atoms. The third kappa shape index (κ3) is 5.09. The zero-order chi connectivity index (χ0) is 18.4. The minimum atomic E-state index is -3.25. The van der Waals surface area contributed by atoms with Crippen LogP contribution in [-0.2, 0) is 10.0 Å². The largest absolute Gasteiger partial charge is 0.496 e. The minimum Gasteiger partial charge on any atom is -0.496 e. The van der Waals surface area contributed by atoms with Gasteiger partial charge < -0.3 is 9.64 Å². The Balaban J connectivity index is 2.10. The van der Waals surface area contributed by atoms with Gasteiger partial charge in [0.25, 0.3) is 5.91 Å². The van der Waals surface area contributed by atoms with Gasteiger partial charge in [0.2, 0.25) is 10.0 Å². The van der Waals surface area contributed by atoms with E-state index in [-0.39, 0.29) is 11.7 Å². The van der Waals surface area contributed by atoms with Crippen LogP contribution in [0.5, 0.6) is 5.75 Å². The van der Waals surface area contributed by atoms with Crippen molar-refractivity contribution in [2.24, 2.45) is 0 Å². The summed E-state index contributed by atoms with van der Waals surface area (Å²) >= 11 is 6.01. The van der Waals surface area contributed by atoms with E-state index in [1.807, 2.05) is 6.92 Å². The second-order valence-corrected chi connectivity index (χ2v) is 8.58. The van der Waals surface area contributed by atoms with Crippen molar-refractivity contribution in [1.82, 2.24) is 9.21 Å². The Morgan fingerprint density at radius 1 is 1.24 bits per heavy atom. The first kappa shape index (κ1) is 20.0. The summed E-state index contributed by atoms with van der Waals surface area (Å²) in [4.78, 5) is 14.5. The summed E-state index contributed by atoms with van der Waals surface area (Å²) in [6.07, 6.45) is 2.10. The van der Waals surface area contributed by atoms with Crippen molar-refractivity contribution in [3.05, 3.63) is 28.8 Å². The molecule has 0 N–H and O–H groups in total. The number of benzene rings is 1. The topological polar surface area (TPSA) is 66.9 Å². The maximum atomic E-state index is 12.8. The van der Waals surface area contributed by atoms with Crippen LogP contribution in [0.4, 0.5) is 0 Å². The van der Waals surface area contributed by atoms with Crippen LogP contribution in [0.2, 0.25) is 5.02 Å². The molecule has 1 heterocycles. The van der Waals surface area contributed by atoms with Gasteiger partial charge in [-0.05, 0) is 31.0 Å². The minimum absolute atomic E-state index is 0.166. The normalized spacial score (nSPS) is 16.5. The molecule has 1 aromatic carbocycles. The Kier molecular flexibility index (Phi) is 7.10. The van der Waals surface area contributed by atoms with Crippen LogP contribution in [-0.4, -0.2) is 62.6 Å². The van der Waals surface area contributed by atoms with Gasteiger partial charge in [0.15, 0.2) is 0 Å². The Bertz CT molecular complexity index is 709. The zero-order valence-corrected chi connectivity index (χ0v) is 16.3. The predicted octanol–water partition coefficient (Wildman–Crippen LogP) is 2.63. The maximum Gasteiger partial charge on any atom is 0.257 e. The van der Waals surface area contributed by atoms with Crippen LogP contribution >= 0.6 is 11.6 Å². The molecule has 8 heteroatoms. The summed E-state index contributed by atoms with van der Waals surface area (Å²) in [5, 5.41) is 0.461. The van der Waals surface area contributed by atoms with Gasteiger partial charge in [-0.15, -0.1) is 0 Å². The number of carbonyl (C=O) groups excluding carboxylic acids is 1. The lowest BCUT2D eigenvalue weighted by molar-refractivity contribution is 0.0761. The average Bonchev–Trinajstić information content (AvgIpc) is 2.86. The Morgan fingerprint density at radius 3 is 2.68 bits per heavy atom. The highest BCUT2D eigenvalue weighted by atomic mass is 35.5. The number of halogens is 1. The SMILES string of the molecule is CCCCS(=O)(=O)N1CCCN(C(=O)c2cc(Cl)ccc2OC)CC1. The molecule has 0 atom stereocenters. The molecule has 1 aliphatic rings. The van der Waals surface area contributed by atoms with E-state index in [1.165, 1.54) is 11.4 Å². The number of rotatable bonds is 6. The smallest absolute Gasteiger partial charge is 0.257 e. The first-order valence-corrected chi connectivity index (χ1v) is 10.5. The summed E-state index contributed by atoms with van der Waals surface area (Å²) < 4.78 is 31.5. The number of sulfonamides is 1. The van der Waals surface area contributed by atoms with E-state index in [2.05, 4.69) is 0 Å². The molecule has 0 aromatic heterocycles. The van der Waals surface area contributed by atoms with Crippen LogP contribution in [0.15, 0.2) is 18.2 Å². The molecule has 140 valence electrons. The molecule has 1 aromatic rings. The second-order valence-electron chi connectivity index (χ2n) is 6.06. The highest BCUT2D eigenvalue weighted by molar-refractivity contribution is 7.89. The lowest BCUT2D eigenvalue weighted by Gasteiger charge is -2.22. The number of hydrogen-bond donors (Lipinski definition) is 0. The number of amides is 1. The lowest BCUT2D eigenvalue weighted by Crippen LogP contribution is -2.38. The number of nitrogens with zero attached hydrogens (tertiary/aromatic N) is 2. The Hall–Kier alpha value is -1.31. The summed E-state index contributed by atoms with van der Waals surface area (Å²) in [5.74, 6) is 0.442. The van der Waals surface area contributed by atoms with E-state index in [0.29, 0.717) is 55.4 Å². The molecule has 1 aliphatic heterocycles. The van der Waals surface area contributed by atoms with Gasteiger partial charge in [-0.25, -0.2) is 12.7 Å². The molecule has 6 nitrogen and oxygen atoms in total.